The molecular weight excluding hydrogens is 272 g/mol. The molecule has 0 fully saturated rings. The number of aryl methyl sites for hydroxylation is 2. The lowest BCUT2D eigenvalue weighted by Crippen LogP contribution is -2.37. The minimum absolute atomic E-state index is 0.362. The smallest absolute Gasteiger partial charge is 0.320 e. The van der Waals surface area contributed by atoms with E-state index in [2.05, 4.69) is 15.0 Å². The topological polar surface area (TPSA) is 87.6 Å². The van der Waals surface area contributed by atoms with E-state index in [1.807, 2.05) is 6.92 Å². The van der Waals surface area contributed by atoms with Gasteiger partial charge in [-0.3, -0.25) is 13.9 Å². The third-order valence-corrected chi connectivity index (χ3v) is 3.40. The van der Waals surface area contributed by atoms with Crippen LogP contribution in [0.25, 0.3) is 11.2 Å². The van der Waals surface area contributed by atoms with E-state index < -0.39 is 5.69 Å². The first kappa shape index (κ1) is 13.2. The van der Waals surface area contributed by atoms with Gasteiger partial charge in [-0.05, 0) is 6.92 Å². The van der Waals surface area contributed by atoms with Crippen LogP contribution in [0.4, 0.5) is 0 Å². The van der Waals surface area contributed by atoms with Crippen LogP contribution in [0, 0.1) is 6.92 Å². The average Bonchev–Trinajstić information content (AvgIpc) is 2.89. The first-order chi connectivity index (χ1) is 9.99. The average molecular weight is 286 g/mol. The zero-order valence-corrected chi connectivity index (χ0v) is 11.9. The molecule has 0 atom stereocenters. The van der Waals surface area contributed by atoms with Crippen molar-refractivity contribution < 1.29 is 0 Å². The molecule has 0 aliphatic heterocycles. The number of hydrogen-bond acceptors (Lipinski definition) is 5. The Bertz CT molecular complexity index is 932. The molecule has 0 aromatic carbocycles. The van der Waals surface area contributed by atoms with Crippen LogP contribution >= 0.6 is 0 Å². The van der Waals surface area contributed by atoms with Gasteiger partial charge in [-0.1, -0.05) is 0 Å². The molecule has 21 heavy (non-hydrogen) atoms. The van der Waals surface area contributed by atoms with Crippen molar-refractivity contribution in [1.29, 1.82) is 0 Å². The van der Waals surface area contributed by atoms with Crippen molar-refractivity contribution in [3.8, 4) is 0 Å². The summed E-state index contributed by atoms with van der Waals surface area (Å²) in [6.45, 7) is 2.23. The number of nitrogens with zero attached hydrogens (tertiary/aromatic N) is 6. The maximum absolute atomic E-state index is 12.3. The third-order valence-electron chi connectivity index (χ3n) is 3.40. The summed E-state index contributed by atoms with van der Waals surface area (Å²) in [5.41, 5.74) is 0.863. The Balaban J connectivity index is 2.19. The molecule has 0 spiro atoms. The molecule has 0 saturated carbocycles. The Morgan fingerprint density at radius 2 is 1.71 bits per heavy atom. The number of aromatic nitrogens is 6. The first-order valence-electron chi connectivity index (χ1n) is 6.37. The van der Waals surface area contributed by atoms with E-state index in [0.717, 1.165) is 10.1 Å². The maximum atomic E-state index is 12.3. The van der Waals surface area contributed by atoms with Gasteiger partial charge in [0.1, 0.15) is 5.82 Å². The highest BCUT2D eigenvalue weighted by Crippen LogP contribution is 2.08. The maximum Gasteiger partial charge on any atom is 0.332 e. The Morgan fingerprint density at radius 1 is 1.05 bits per heavy atom. The monoisotopic (exact) mass is 286 g/mol. The number of hydrogen-bond donors (Lipinski definition) is 0. The second kappa shape index (κ2) is 4.65. The van der Waals surface area contributed by atoms with Crippen LogP contribution in [0.1, 0.15) is 11.4 Å². The van der Waals surface area contributed by atoms with Gasteiger partial charge >= 0.3 is 5.69 Å². The zero-order valence-electron chi connectivity index (χ0n) is 11.9. The van der Waals surface area contributed by atoms with Gasteiger partial charge in [0, 0.05) is 32.1 Å². The lowest BCUT2D eigenvalue weighted by atomic mass is 10.3. The quantitative estimate of drug-likeness (QED) is 0.638. The minimum atomic E-state index is -0.392. The second-order valence-corrected chi connectivity index (χ2v) is 4.89. The summed E-state index contributed by atoms with van der Waals surface area (Å²) in [5, 5.41) is 0. The van der Waals surface area contributed by atoms with E-state index in [0.29, 0.717) is 23.5 Å². The molecule has 8 nitrogen and oxygen atoms in total. The summed E-state index contributed by atoms with van der Waals surface area (Å²) in [4.78, 5) is 36.6. The molecule has 3 aromatic heterocycles. The highest BCUT2D eigenvalue weighted by molar-refractivity contribution is 5.70. The van der Waals surface area contributed by atoms with Crippen molar-refractivity contribution in [2.45, 2.75) is 13.5 Å². The molecule has 0 saturated heterocycles. The lowest BCUT2D eigenvalue weighted by molar-refractivity contribution is 0.702. The van der Waals surface area contributed by atoms with Crippen LogP contribution in [0.15, 0.2) is 28.3 Å². The van der Waals surface area contributed by atoms with Gasteiger partial charge in [-0.25, -0.2) is 19.7 Å². The highest BCUT2D eigenvalue weighted by atomic mass is 16.2. The molecule has 3 rings (SSSR count). The fraction of sp³-hybridized carbons (Fsp3) is 0.308. The van der Waals surface area contributed by atoms with E-state index in [9.17, 15) is 9.59 Å². The van der Waals surface area contributed by atoms with Crippen LogP contribution in [0.2, 0.25) is 0 Å². The lowest BCUT2D eigenvalue weighted by Gasteiger charge is -2.06. The van der Waals surface area contributed by atoms with Crippen molar-refractivity contribution in [3.63, 3.8) is 0 Å². The van der Waals surface area contributed by atoms with Crippen LogP contribution < -0.4 is 11.2 Å². The van der Waals surface area contributed by atoms with Crippen molar-refractivity contribution in [2.75, 3.05) is 0 Å². The van der Waals surface area contributed by atoms with Gasteiger partial charge < -0.3 is 4.57 Å². The predicted molar refractivity (Wildman–Crippen MR) is 76.1 cm³/mol. The zero-order chi connectivity index (χ0) is 15.1. The highest BCUT2D eigenvalue weighted by Gasteiger charge is 2.14. The van der Waals surface area contributed by atoms with Gasteiger partial charge in [0.25, 0.3) is 5.56 Å². The van der Waals surface area contributed by atoms with Crippen molar-refractivity contribution >= 4 is 11.2 Å². The van der Waals surface area contributed by atoms with Gasteiger partial charge in [-0.2, -0.15) is 0 Å². The Kier molecular flexibility index (Phi) is 2.93. The van der Waals surface area contributed by atoms with Gasteiger partial charge in [0.2, 0.25) is 0 Å². The number of imidazole rings is 1. The standard InChI is InChI=1S/C13H14N6O2/c1-8-14-4-9(5-15-8)6-19-7-16-11-10(19)12(20)18(3)13(21)17(11)2/h4-5,7H,6H2,1-3H3. The minimum Gasteiger partial charge on any atom is -0.320 e. The summed E-state index contributed by atoms with van der Waals surface area (Å²) in [6, 6.07) is 0. The van der Waals surface area contributed by atoms with Gasteiger partial charge in [0.15, 0.2) is 11.2 Å². The molecule has 0 N–H and O–H groups in total. The molecule has 3 heterocycles. The Labute approximate surface area is 119 Å². The van der Waals surface area contributed by atoms with Gasteiger partial charge in [-0.15, -0.1) is 0 Å². The Hall–Kier alpha value is -2.77. The summed E-state index contributed by atoms with van der Waals surface area (Å²) in [6.07, 6.45) is 4.96. The molecule has 8 heteroatoms. The molecular formula is C13H14N6O2. The normalized spacial score (nSPS) is 11.2. The van der Waals surface area contributed by atoms with Crippen LogP contribution in [0.5, 0.6) is 0 Å². The van der Waals surface area contributed by atoms with Crippen molar-refractivity contribution in [3.05, 3.63) is 50.9 Å². The molecule has 108 valence electrons. The van der Waals surface area contributed by atoms with Crippen molar-refractivity contribution in [2.24, 2.45) is 14.1 Å². The predicted octanol–water partition coefficient (Wildman–Crippen LogP) is -0.420. The molecule has 0 radical (unpaired) electrons. The molecule has 0 aliphatic carbocycles. The van der Waals surface area contributed by atoms with Crippen LogP contribution in [0.3, 0.4) is 0 Å². The SMILES string of the molecule is Cc1ncc(Cn2cnc3c2c(=O)n(C)c(=O)n3C)cn1. The van der Waals surface area contributed by atoms with E-state index in [4.69, 9.17) is 0 Å². The van der Waals surface area contributed by atoms with Crippen LogP contribution in [-0.2, 0) is 20.6 Å². The van der Waals surface area contributed by atoms with Gasteiger partial charge in [0.05, 0.1) is 12.9 Å². The summed E-state index contributed by atoms with van der Waals surface area (Å²) in [7, 11) is 3.05. The van der Waals surface area contributed by atoms with E-state index in [1.54, 1.807) is 30.3 Å². The fourth-order valence-electron chi connectivity index (χ4n) is 2.21. The number of fused-ring (bicyclic) bond motifs is 1. The summed E-state index contributed by atoms with van der Waals surface area (Å²) in [5.74, 6) is 0.688. The van der Waals surface area contributed by atoms with Crippen molar-refractivity contribution in [1.82, 2.24) is 28.7 Å². The third kappa shape index (κ3) is 2.04. The summed E-state index contributed by atoms with van der Waals surface area (Å²) >= 11 is 0. The molecule has 0 unspecified atom stereocenters. The van der Waals surface area contributed by atoms with E-state index in [-0.39, 0.29) is 5.56 Å². The molecule has 3 aromatic rings. The summed E-state index contributed by atoms with van der Waals surface area (Å²) < 4.78 is 4.14. The Morgan fingerprint density at radius 3 is 2.38 bits per heavy atom. The van der Waals surface area contributed by atoms with E-state index >= 15 is 0 Å². The molecule has 0 amide bonds. The second-order valence-electron chi connectivity index (χ2n) is 4.89. The molecule has 0 aliphatic rings. The fourth-order valence-corrected chi connectivity index (χ4v) is 2.21. The van der Waals surface area contributed by atoms with E-state index in [1.165, 1.54) is 11.6 Å². The number of rotatable bonds is 2. The van der Waals surface area contributed by atoms with Crippen LogP contribution in [-0.4, -0.2) is 28.7 Å². The first-order valence-corrected chi connectivity index (χ1v) is 6.37. The largest absolute Gasteiger partial charge is 0.332 e. The molecule has 0 bridgehead atoms.